The Bertz CT molecular complexity index is 1420. The largest absolute Gasteiger partial charge is 0.350 e. The number of hydrogen-bond acceptors (Lipinski definition) is 5. The van der Waals surface area contributed by atoms with E-state index in [4.69, 9.17) is 0 Å². The highest BCUT2D eigenvalue weighted by Crippen LogP contribution is 2.50. The standard InChI is InChI=1S/C30H34N4O4S/c1-39(37,38)34-21-30(25-9-5-6-10-27(25)34)15-11-24(12-16-30)28(35)33-26(19-22-13-17-31-18-14-22)29(36)32-20-23-7-3-2-4-8-23/h2-10,13-14,17-18,24,26H,11-12,15-16,19-21H2,1H3,(H,32,36)(H,33,35)/t24-,26?,30-. The molecule has 1 atom stereocenters. The SMILES string of the molecule is CS(=O)(=O)N1C[C@]2(CC[C@@H](C(=O)NC(Cc3ccncc3)C(=O)NCc3ccccc3)CC2)c2ccccc21. The van der Waals surface area contributed by atoms with Crippen LogP contribution >= 0.6 is 0 Å². The van der Waals surface area contributed by atoms with Crippen LogP contribution in [0.5, 0.6) is 0 Å². The molecule has 3 aromatic rings. The summed E-state index contributed by atoms with van der Waals surface area (Å²) in [4.78, 5) is 30.7. The van der Waals surface area contributed by atoms with E-state index in [1.165, 1.54) is 10.6 Å². The van der Waals surface area contributed by atoms with Crippen LogP contribution in [0.1, 0.15) is 42.4 Å². The van der Waals surface area contributed by atoms with Crippen LogP contribution in [0.4, 0.5) is 5.69 Å². The number of nitrogens with one attached hydrogen (secondary N) is 2. The number of sulfonamides is 1. The fourth-order valence-electron chi connectivity index (χ4n) is 5.90. The first-order chi connectivity index (χ1) is 18.7. The van der Waals surface area contributed by atoms with Crippen molar-refractivity contribution in [1.29, 1.82) is 0 Å². The third-order valence-corrected chi connectivity index (χ3v) is 9.16. The van der Waals surface area contributed by atoms with E-state index < -0.39 is 16.1 Å². The minimum absolute atomic E-state index is 0.134. The fraction of sp³-hybridized carbons (Fsp3) is 0.367. The zero-order chi connectivity index (χ0) is 27.5. The molecule has 1 unspecified atom stereocenters. The average Bonchev–Trinajstić information content (AvgIpc) is 3.27. The molecule has 2 amide bonds. The number of benzene rings is 2. The molecule has 1 saturated carbocycles. The molecular weight excluding hydrogens is 512 g/mol. The van der Waals surface area contributed by atoms with Gasteiger partial charge in [-0.2, -0.15) is 0 Å². The number of nitrogens with zero attached hydrogens (tertiary/aromatic N) is 2. The minimum Gasteiger partial charge on any atom is -0.350 e. The number of para-hydroxylation sites is 1. The molecule has 0 saturated heterocycles. The molecule has 0 bridgehead atoms. The quantitative estimate of drug-likeness (QED) is 0.451. The third kappa shape index (κ3) is 5.98. The van der Waals surface area contributed by atoms with Crippen LogP contribution in [0.3, 0.4) is 0 Å². The van der Waals surface area contributed by atoms with Gasteiger partial charge in [0.05, 0.1) is 11.9 Å². The van der Waals surface area contributed by atoms with E-state index in [9.17, 15) is 18.0 Å². The number of pyridine rings is 1. The monoisotopic (exact) mass is 546 g/mol. The highest BCUT2D eigenvalue weighted by atomic mass is 32.2. The lowest BCUT2D eigenvalue weighted by molar-refractivity contribution is -0.132. The highest BCUT2D eigenvalue weighted by Gasteiger charge is 2.48. The summed E-state index contributed by atoms with van der Waals surface area (Å²) in [6, 6.07) is 20.3. The summed E-state index contributed by atoms with van der Waals surface area (Å²) in [6.07, 6.45) is 7.64. The molecule has 2 aromatic carbocycles. The molecule has 204 valence electrons. The number of amides is 2. The van der Waals surface area contributed by atoms with Crippen molar-refractivity contribution < 1.29 is 18.0 Å². The molecule has 5 rings (SSSR count). The Kier molecular flexibility index (Phi) is 7.70. The van der Waals surface area contributed by atoms with Crippen molar-refractivity contribution in [3.63, 3.8) is 0 Å². The van der Waals surface area contributed by atoms with Gasteiger partial charge in [0, 0.05) is 43.2 Å². The number of aromatic nitrogens is 1. The summed E-state index contributed by atoms with van der Waals surface area (Å²) in [5.74, 6) is -0.605. The number of carbonyl (C=O) groups is 2. The van der Waals surface area contributed by atoms with Crippen LogP contribution in [0.25, 0.3) is 0 Å². The number of hydrogen-bond donors (Lipinski definition) is 2. The van der Waals surface area contributed by atoms with E-state index in [1.807, 2.05) is 66.7 Å². The minimum atomic E-state index is -3.40. The molecule has 8 nitrogen and oxygen atoms in total. The second kappa shape index (κ2) is 11.2. The Balaban J connectivity index is 1.26. The fourth-order valence-corrected chi connectivity index (χ4v) is 6.90. The smallest absolute Gasteiger partial charge is 0.243 e. The average molecular weight is 547 g/mol. The van der Waals surface area contributed by atoms with E-state index in [1.54, 1.807) is 12.4 Å². The zero-order valence-electron chi connectivity index (χ0n) is 22.0. The lowest BCUT2D eigenvalue weighted by Gasteiger charge is -2.37. The summed E-state index contributed by atoms with van der Waals surface area (Å²) >= 11 is 0. The molecule has 2 heterocycles. The predicted molar refractivity (Wildman–Crippen MR) is 150 cm³/mol. The van der Waals surface area contributed by atoms with Crippen molar-refractivity contribution in [3.05, 3.63) is 95.8 Å². The van der Waals surface area contributed by atoms with Crippen molar-refractivity contribution in [2.75, 3.05) is 17.1 Å². The molecule has 1 aromatic heterocycles. The van der Waals surface area contributed by atoms with E-state index in [0.29, 0.717) is 45.2 Å². The van der Waals surface area contributed by atoms with Crippen LogP contribution in [0.15, 0.2) is 79.1 Å². The summed E-state index contributed by atoms with van der Waals surface area (Å²) in [5.41, 5.74) is 3.40. The van der Waals surface area contributed by atoms with Gasteiger partial charge in [-0.25, -0.2) is 8.42 Å². The second-order valence-corrected chi connectivity index (χ2v) is 12.6. The van der Waals surface area contributed by atoms with Crippen molar-refractivity contribution in [1.82, 2.24) is 15.6 Å². The van der Waals surface area contributed by atoms with Gasteiger partial charge in [-0.1, -0.05) is 48.5 Å². The Morgan fingerprint density at radius 2 is 1.64 bits per heavy atom. The van der Waals surface area contributed by atoms with Crippen molar-refractivity contribution >= 4 is 27.5 Å². The van der Waals surface area contributed by atoms with Gasteiger partial charge in [0.1, 0.15) is 6.04 Å². The number of anilines is 1. The summed E-state index contributed by atoms with van der Waals surface area (Å²) < 4.78 is 26.5. The molecule has 1 fully saturated rings. The number of carbonyl (C=O) groups excluding carboxylic acids is 2. The van der Waals surface area contributed by atoms with Crippen LogP contribution in [-0.2, 0) is 38.0 Å². The Morgan fingerprint density at radius 1 is 0.974 bits per heavy atom. The van der Waals surface area contributed by atoms with Crippen LogP contribution in [-0.4, -0.2) is 44.1 Å². The van der Waals surface area contributed by atoms with Gasteiger partial charge in [-0.05, 0) is 60.6 Å². The van der Waals surface area contributed by atoms with Crippen LogP contribution in [0, 0.1) is 5.92 Å². The van der Waals surface area contributed by atoms with E-state index in [2.05, 4.69) is 15.6 Å². The summed E-state index contributed by atoms with van der Waals surface area (Å²) in [5, 5.41) is 5.99. The zero-order valence-corrected chi connectivity index (χ0v) is 22.9. The molecule has 2 N–H and O–H groups in total. The predicted octanol–water partition coefficient (Wildman–Crippen LogP) is 3.33. The van der Waals surface area contributed by atoms with Gasteiger partial charge < -0.3 is 10.6 Å². The lowest BCUT2D eigenvalue weighted by Crippen LogP contribution is -2.50. The second-order valence-electron chi connectivity index (χ2n) is 10.7. The highest BCUT2D eigenvalue weighted by molar-refractivity contribution is 7.92. The first-order valence-corrected chi connectivity index (χ1v) is 15.2. The summed E-state index contributed by atoms with van der Waals surface area (Å²) in [7, 11) is -3.40. The molecule has 1 aliphatic carbocycles. The van der Waals surface area contributed by atoms with Gasteiger partial charge in [-0.15, -0.1) is 0 Å². The summed E-state index contributed by atoms with van der Waals surface area (Å²) in [6.45, 7) is 0.788. The molecule has 9 heteroatoms. The first kappa shape index (κ1) is 26.9. The van der Waals surface area contributed by atoms with Gasteiger partial charge in [0.25, 0.3) is 0 Å². The van der Waals surface area contributed by atoms with Crippen molar-refractivity contribution in [2.24, 2.45) is 5.92 Å². The van der Waals surface area contributed by atoms with Gasteiger partial charge in [-0.3, -0.25) is 18.9 Å². The lowest BCUT2D eigenvalue weighted by atomic mass is 9.67. The molecule has 1 aliphatic heterocycles. The molecule has 39 heavy (non-hydrogen) atoms. The maximum absolute atomic E-state index is 13.4. The van der Waals surface area contributed by atoms with Crippen LogP contribution < -0.4 is 14.9 Å². The normalized spacial score (nSPS) is 21.3. The van der Waals surface area contributed by atoms with Crippen LogP contribution in [0.2, 0.25) is 0 Å². The first-order valence-electron chi connectivity index (χ1n) is 13.3. The maximum Gasteiger partial charge on any atom is 0.243 e. The third-order valence-electron chi connectivity index (χ3n) is 8.04. The molecular formula is C30H34N4O4S. The number of fused-ring (bicyclic) bond motifs is 2. The van der Waals surface area contributed by atoms with Gasteiger partial charge >= 0.3 is 0 Å². The Hall–Kier alpha value is -3.72. The Labute approximate surface area is 229 Å². The number of rotatable bonds is 8. The van der Waals surface area contributed by atoms with E-state index in [-0.39, 0.29) is 23.1 Å². The maximum atomic E-state index is 13.4. The van der Waals surface area contributed by atoms with Crippen molar-refractivity contribution in [2.45, 2.75) is 50.1 Å². The topological polar surface area (TPSA) is 108 Å². The molecule has 0 radical (unpaired) electrons. The van der Waals surface area contributed by atoms with Crippen molar-refractivity contribution in [3.8, 4) is 0 Å². The molecule has 2 aliphatic rings. The van der Waals surface area contributed by atoms with Gasteiger partial charge in [0.2, 0.25) is 21.8 Å². The van der Waals surface area contributed by atoms with E-state index in [0.717, 1.165) is 22.4 Å². The van der Waals surface area contributed by atoms with Gasteiger partial charge in [0.15, 0.2) is 0 Å². The molecule has 1 spiro atoms. The van der Waals surface area contributed by atoms with E-state index >= 15 is 0 Å². The Morgan fingerprint density at radius 3 is 2.33 bits per heavy atom.